The number of halogens is 1. The summed E-state index contributed by atoms with van der Waals surface area (Å²) in [6.45, 7) is 0. The Labute approximate surface area is 143 Å². The minimum Gasteiger partial charge on any atom is -0.347 e. The van der Waals surface area contributed by atoms with E-state index in [0.29, 0.717) is 10.7 Å². The van der Waals surface area contributed by atoms with E-state index in [1.807, 2.05) is 0 Å². The number of sulfone groups is 1. The van der Waals surface area contributed by atoms with Gasteiger partial charge in [-0.1, -0.05) is 11.6 Å². The number of aromatic nitrogens is 1. The highest BCUT2D eigenvalue weighted by Crippen LogP contribution is 2.28. The lowest BCUT2D eigenvalue weighted by molar-refractivity contribution is 0.603. The second kappa shape index (κ2) is 7.51. The molecule has 8 heteroatoms. The third kappa shape index (κ3) is 4.05. The molecule has 0 bridgehead atoms. The fraction of sp³-hybridized carbons (Fsp3) is 0.0667. The van der Waals surface area contributed by atoms with Gasteiger partial charge in [0.1, 0.15) is 11.1 Å². The van der Waals surface area contributed by atoms with Gasteiger partial charge < -0.3 is 5.32 Å². The predicted octanol–water partition coefficient (Wildman–Crippen LogP) is 3.68. The number of anilines is 1. The topological polar surface area (TPSA) is 82.8 Å². The molecule has 0 saturated carbocycles. The zero-order chi connectivity index (χ0) is 16.9. The summed E-state index contributed by atoms with van der Waals surface area (Å²) in [5.74, 6) is 0. The molecule has 5 nitrogen and oxygen atoms in total. The Kier molecular flexibility index (Phi) is 5.66. The zero-order valence-corrected chi connectivity index (χ0v) is 14.4. The molecule has 0 atom stereocenters. The first-order valence-corrected chi connectivity index (χ1v) is 9.43. The summed E-state index contributed by atoms with van der Waals surface area (Å²) in [5.41, 5.74) is 0.593. The van der Waals surface area contributed by atoms with Crippen LogP contribution in [0.15, 0.2) is 63.6 Å². The molecule has 0 radical (unpaired) electrons. The third-order valence-electron chi connectivity index (χ3n) is 2.82. The fourth-order valence-corrected chi connectivity index (χ4v) is 4.03. The maximum atomic E-state index is 12.7. The van der Waals surface area contributed by atoms with Gasteiger partial charge in [0, 0.05) is 11.2 Å². The largest absolute Gasteiger partial charge is 0.347 e. The fourth-order valence-electron chi connectivity index (χ4n) is 1.73. The van der Waals surface area contributed by atoms with Crippen LogP contribution in [0.1, 0.15) is 0 Å². The highest BCUT2D eigenvalue weighted by molar-refractivity contribution is 8.04. The maximum absolute atomic E-state index is 12.7. The van der Waals surface area contributed by atoms with E-state index in [2.05, 4.69) is 10.3 Å². The van der Waals surface area contributed by atoms with E-state index in [0.717, 1.165) is 11.8 Å². The van der Waals surface area contributed by atoms with Gasteiger partial charge in [-0.05, 0) is 42.7 Å². The van der Waals surface area contributed by atoms with Gasteiger partial charge in [-0.25, -0.2) is 8.42 Å². The van der Waals surface area contributed by atoms with Crippen molar-refractivity contribution < 1.29 is 8.42 Å². The van der Waals surface area contributed by atoms with Gasteiger partial charge in [0.25, 0.3) is 0 Å². The molecule has 118 valence electrons. The Morgan fingerprint density at radius 2 is 2.00 bits per heavy atom. The number of nitriles is 1. The number of hydrogen-bond acceptors (Lipinski definition) is 6. The Bertz CT molecular complexity index is 858. The lowest BCUT2D eigenvalue weighted by Crippen LogP contribution is -2.10. The van der Waals surface area contributed by atoms with E-state index in [1.54, 1.807) is 36.9 Å². The minimum absolute atomic E-state index is 0.0120. The van der Waals surface area contributed by atoms with Crippen molar-refractivity contribution in [3.63, 3.8) is 0 Å². The summed E-state index contributed by atoms with van der Waals surface area (Å²) in [7, 11) is -3.94. The van der Waals surface area contributed by atoms with Crippen LogP contribution in [0.2, 0.25) is 5.02 Å². The average molecular weight is 366 g/mol. The second-order valence-corrected chi connectivity index (χ2v) is 7.44. The molecule has 23 heavy (non-hydrogen) atoms. The van der Waals surface area contributed by atoms with Gasteiger partial charge in [-0.2, -0.15) is 5.26 Å². The first kappa shape index (κ1) is 17.3. The van der Waals surface area contributed by atoms with Gasteiger partial charge in [-0.3, -0.25) is 4.98 Å². The first-order valence-electron chi connectivity index (χ1n) is 6.35. The van der Waals surface area contributed by atoms with Crippen molar-refractivity contribution in [2.75, 3.05) is 11.6 Å². The average Bonchev–Trinajstić information content (AvgIpc) is 2.55. The number of hydrogen-bond donors (Lipinski definition) is 1. The normalized spacial score (nSPS) is 12.2. The van der Waals surface area contributed by atoms with Crippen LogP contribution in [-0.4, -0.2) is 19.7 Å². The van der Waals surface area contributed by atoms with E-state index < -0.39 is 9.84 Å². The molecule has 0 aliphatic carbocycles. The summed E-state index contributed by atoms with van der Waals surface area (Å²) < 4.78 is 25.3. The summed E-state index contributed by atoms with van der Waals surface area (Å²) in [4.78, 5) is 3.61. The standard InChI is InChI=1S/C15H12ClN3O2S2/c1-22-15(19-12-3-2-8-18-10-12)14(9-17)23(20,21)13-6-4-11(16)5-7-13/h2-8,10,19H,1H3/b15-14+. The van der Waals surface area contributed by atoms with Crippen LogP contribution >= 0.6 is 23.4 Å². The molecule has 0 aliphatic rings. The van der Waals surface area contributed by atoms with Crippen molar-refractivity contribution in [1.82, 2.24) is 4.98 Å². The van der Waals surface area contributed by atoms with E-state index in [1.165, 1.54) is 24.3 Å². The summed E-state index contributed by atoms with van der Waals surface area (Å²) in [6.07, 6.45) is 4.83. The molecule has 2 rings (SSSR count). The van der Waals surface area contributed by atoms with Crippen LogP contribution in [0, 0.1) is 11.3 Å². The SMILES string of the molecule is CS/C(Nc1cccnc1)=C(\C#N)S(=O)(=O)c1ccc(Cl)cc1. The number of benzene rings is 1. The van der Waals surface area contributed by atoms with Gasteiger partial charge in [-0.15, -0.1) is 11.8 Å². The number of nitrogens with zero attached hydrogens (tertiary/aromatic N) is 2. The van der Waals surface area contributed by atoms with Crippen LogP contribution in [0.5, 0.6) is 0 Å². The van der Waals surface area contributed by atoms with E-state index in [4.69, 9.17) is 11.6 Å². The van der Waals surface area contributed by atoms with Crippen molar-refractivity contribution >= 4 is 38.9 Å². The summed E-state index contributed by atoms with van der Waals surface area (Å²) >= 11 is 6.91. The van der Waals surface area contributed by atoms with Crippen LogP contribution in [0.3, 0.4) is 0 Å². The predicted molar refractivity (Wildman–Crippen MR) is 92.7 cm³/mol. The lowest BCUT2D eigenvalue weighted by atomic mass is 10.4. The van der Waals surface area contributed by atoms with Crippen molar-refractivity contribution in [3.05, 3.63) is 63.7 Å². The number of allylic oxidation sites excluding steroid dienone is 1. The molecule has 1 aromatic carbocycles. The molecule has 0 spiro atoms. The Morgan fingerprint density at radius 1 is 1.30 bits per heavy atom. The lowest BCUT2D eigenvalue weighted by Gasteiger charge is -2.11. The highest BCUT2D eigenvalue weighted by Gasteiger charge is 2.25. The minimum atomic E-state index is -3.94. The van der Waals surface area contributed by atoms with Gasteiger partial charge in [0.15, 0.2) is 4.91 Å². The molecule has 0 fully saturated rings. The van der Waals surface area contributed by atoms with Crippen LogP contribution in [0.25, 0.3) is 0 Å². The van der Waals surface area contributed by atoms with Crippen LogP contribution in [0.4, 0.5) is 5.69 Å². The number of nitrogens with one attached hydrogen (secondary N) is 1. The Hall–Kier alpha value is -2.01. The molecular weight excluding hydrogens is 354 g/mol. The zero-order valence-electron chi connectivity index (χ0n) is 12.0. The molecule has 0 saturated heterocycles. The number of rotatable bonds is 5. The maximum Gasteiger partial charge on any atom is 0.219 e. The van der Waals surface area contributed by atoms with Crippen LogP contribution in [-0.2, 0) is 9.84 Å². The molecule has 0 amide bonds. The molecule has 1 aromatic heterocycles. The second-order valence-electron chi connectivity index (χ2n) is 4.30. The molecular formula is C15H12ClN3O2S2. The molecule has 2 aromatic rings. The van der Waals surface area contributed by atoms with Gasteiger partial charge in [0.2, 0.25) is 9.84 Å². The molecule has 1 N–H and O–H groups in total. The van der Waals surface area contributed by atoms with E-state index in [-0.39, 0.29) is 14.8 Å². The number of thioether (sulfide) groups is 1. The molecule has 0 aliphatic heterocycles. The smallest absolute Gasteiger partial charge is 0.219 e. The van der Waals surface area contributed by atoms with Crippen LogP contribution < -0.4 is 5.32 Å². The first-order chi connectivity index (χ1) is 11.0. The molecule has 1 heterocycles. The summed E-state index contributed by atoms with van der Waals surface area (Å²) in [5, 5.41) is 12.9. The van der Waals surface area contributed by atoms with Gasteiger partial charge >= 0.3 is 0 Å². The Balaban J connectivity index is 2.50. The Morgan fingerprint density at radius 3 is 2.52 bits per heavy atom. The monoisotopic (exact) mass is 365 g/mol. The van der Waals surface area contributed by atoms with E-state index in [9.17, 15) is 13.7 Å². The van der Waals surface area contributed by atoms with Gasteiger partial charge in [0.05, 0.1) is 16.8 Å². The van der Waals surface area contributed by atoms with Crippen molar-refractivity contribution in [2.45, 2.75) is 4.90 Å². The summed E-state index contributed by atoms with van der Waals surface area (Å²) in [6, 6.07) is 10.9. The van der Waals surface area contributed by atoms with Crippen molar-refractivity contribution in [2.24, 2.45) is 0 Å². The highest BCUT2D eigenvalue weighted by atomic mass is 35.5. The van der Waals surface area contributed by atoms with E-state index >= 15 is 0 Å². The molecule has 0 unspecified atom stereocenters. The third-order valence-corrected chi connectivity index (χ3v) is 5.65. The number of pyridine rings is 1. The van der Waals surface area contributed by atoms with Crippen molar-refractivity contribution in [1.29, 1.82) is 5.26 Å². The van der Waals surface area contributed by atoms with Crippen molar-refractivity contribution in [3.8, 4) is 6.07 Å². The quantitative estimate of drug-likeness (QED) is 0.814.